The smallest absolute Gasteiger partial charge is 0.166 e. The minimum Gasteiger partial charge on any atom is -0.467 e. The molecule has 6 heteroatoms. The van der Waals surface area contributed by atoms with Crippen molar-refractivity contribution in [2.75, 3.05) is 39.4 Å². The van der Waals surface area contributed by atoms with Crippen LogP contribution in [0.2, 0.25) is 0 Å². The van der Waals surface area contributed by atoms with Gasteiger partial charge in [-0.15, -0.1) is 0 Å². The molecule has 0 atom stereocenters. The Balaban J connectivity index is 1.54. The summed E-state index contributed by atoms with van der Waals surface area (Å²) in [5.41, 5.74) is 0. The molecule has 100 valence electrons. The van der Waals surface area contributed by atoms with Gasteiger partial charge in [0, 0.05) is 26.2 Å². The Morgan fingerprint density at radius 2 is 2.17 bits per heavy atom. The molecule has 2 N–H and O–H groups in total. The Bertz CT molecular complexity index is 350. The van der Waals surface area contributed by atoms with E-state index in [-0.39, 0.29) is 0 Å². The number of furan rings is 1. The summed E-state index contributed by atoms with van der Waals surface area (Å²) in [7, 11) is 0. The van der Waals surface area contributed by atoms with E-state index in [2.05, 4.69) is 15.5 Å². The molecule has 2 rings (SSSR count). The van der Waals surface area contributed by atoms with Crippen molar-refractivity contribution in [2.45, 2.75) is 6.54 Å². The first-order valence-electron chi connectivity index (χ1n) is 6.19. The van der Waals surface area contributed by atoms with Gasteiger partial charge in [-0.05, 0) is 24.4 Å². The Labute approximate surface area is 112 Å². The van der Waals surface area contributed by atoms with Gasteiger partial charge in [0.15, 0.2) is 5.11 Å². The maximum absolute atomic E-state index is 5.30. The molecular weight excluding hydrogens is 250 g/mol. The summed E-state index contributed by atoms with van der Waals surface area (Å²) in [6, 6.07) is 3.79. The highest BCUT2D eigenvalue weighted by atomic mass is 32.1. The molecule has 5 nitrogen and oxygen atoms in total. The van der Waals surface area contributed by atoms with Crippen molar-refractivity contribution in [1.29, 1.82) is 0 Å². The number of ether oxygens (including phenoxy) is 1. The normalized spacial score (nSPS) is 16.4. The number of morpholine rings is 1. The monoisotopic (exact) mass is 269 g/mol. The standard InChI is InChI=1S/C12H19N3O2S/c18-12(14-10-11-2-1-7-17-11)13-3-4-15-5-8-16-9-6-15/h1-2,7H,3-6,8-10H2,(H2,13,14,18). The van der Waals surface area contributed by atoms with Crippen LogP contribution in [0.15, 0.2) is 22.8 Å². The SMILES string of the molecule is S=C(NCCN1CCOCC1)NCc1ccco1. The summed E-state index contributed by atoms with van der Waals surface area (Å²) < 4.78 is 10.5. The predicted molar refractivity (Wildman–Crippen MR) is 73.4 cm³/mol. The van der Waals surface area contributed by atoms with E-state index in [0.29, 0.717) is 11.7 Å². The molecule has 0 aromatic carbocycles. The van der Waals surface area contributed by atoms with Crippen LogP contribution in [0.4, 0.5) is 0 Å². The summed E-state index contributed by atoms with van der Waals surface area (Å²) in [5.74, 6) is 0.882. The maximum atomic E-state index is 5.30. The second-order valence-corrected chi connectivity index (χ2v) is 4.55. The van der Waals surface area contributed by atoms with E-state index in [0.717, 1.165) is 45.2 Å². The number of nitrogens with one attached hydrogen (secondary N) is 2. The van der Waals surface area contributed by atoms with Crippen LogP contribution in [-0.2, 0) is 11.3 Å². The van der Waals surface area contributed by atoms with E-state index in [4.69, 9.17) is 21.4 Å². The second-order valence-electron chi connectivity index (χ2n) is 4.14. The highest BCUT2D eigenvalue weighted by Crippen LogP contribution is 1.98. The van der Waals surface area contributed by atoms with Crippen LogP contribution in [0, 0.1) is 0 Å². The van der Waals surface area contributed by atoms with Crippen LogP contribution in [0.5, 0.6) is 0 Å². The van der Waals surface area contributed by atoms with E-state index in [1.54, 1.807) is 6.26 Å². The summed E-state index contributed by atoms with van der Waals surface area (Å²) in [5, 5.41) is 6.96. The third-order valence-corrected chi connectivity index (χ3v) is 3.11. The van der Waals surface area contributed by atoms with E-state index in [1.165, 1.54) is 0 Å². The molecule has 1 aliphatic heterocycles. The van der Waals surface area contributed by atoms with Crippen molar-refractivity contribution in [3.63, 3.8) is 0 Å². The van der Waals surface area contributed by atoms with Gasteiger partial charge in [0.2, 0.25) is 0 Å². The number of thiocarbonyl (C=S) groups is 1. The van der Waals surface area contributed by atoms with E-state index >= 15 is 0 Å². The lowest BCUT2D eigenvalue weighted by atomic mass is 10.4. The van der Waals surface area contributed by atoms with Crippen molar-refractivity contribution in [2.24, 2.45) is 0 Å². The topological polar surface area (TPSA) is 49.7 Å². The molecule has 1 saturated heterocycles. The lowest BCUT2D eigenvalue weighted by molar-refractivity contribution is 0.0389. The van der Waals surface area contributed by atoms with Crippen molar-refractivity contribution in [3.8, 4) is 0 Å². The van der Waals surface area contributed by atoms with E-state index in [1.807, 2.05) is 12.1 Å². The Hall–Kier alpha value is -1.11. The molecule has 1 fully saturated rings. The quantitative estimate of drug-likeness (QED) is 0.763. The molecule has 0 amide bonds. The van der Waals surface area contributed by atoms with Crippen LogP contribution in [-0.4, -0.2) is 49.4 Å². The third kappa shape index (κ3) is 4.64. The molecule has 1 aliphatic rings. The third-order valence-electron chi connectivity index (χ3n) is 2.82. The van der Waals surface area contributed by atoms with E-state index < -0.39 is 0 Å². The Morgan fingerprint density at radius 3 is 2.89 bits per heavy atom. The first-order chi connectivity index (χ1) is 8.84. The molecule has 0 unspecified atom stereocenters. The van der Waals surface area contributed by atoms with Gasteiger partial charge in [-0.3, -0.25) is 4.90 Å². The largest absolute Gasteiger partial charge is 0.467 e. The van der Waals surface area contributed by atoms with Crippen molar-refractivity contribution in [3.05, 3.63) is 24.2 Å². The van der Waals surface area contributed by atoms with Crippen LogP contribution in [0.25, 0.3) is 0 Å². The molecule has 18 heavy (non-hydrogen) atoms. The van der Waals surface area contributed by atoms with E-state index in [9.17, 15) is 0 Å². The number of hydrogen-bond acceptors (Lipinski definition) is 4. The van der Waals surface area contributed by atoms with Gasteiger partial charge < -0.3 is 19.8 Å². The summed E-state index contributed by atoms with van der Waals surface area (Å²) >= 11 is 5.19. The lowest BCUT2D eigenvalue weighted by Gasteiger charge is -2.26. The minimum absolute atomic E-state index is 0.621. The van der Waals surface area contributed by atoms with Crippen LogP contribution >= 0.6 is 12.2 Å². The molecule has 0 bridgehead atoms. The van der Waals surface area contributed by atoms with Gasteiger partial charge in [-0.1, -0.05) is 0 Å². The van der Waals surface area contributed by atoms with Crippen LogP contribution < -0.4 is 10.6 Å². The highest BCUT2D eigenvalue weighted by Gasteiger charge is 2.09. The Morgan fingerprint density at radius 1 is 1.33 bits per heavy atom. The number of rotatable bonds is 5. The summed E-state index contributed by atoms with van der Waals surface area (Å²) in [4.78, 5) is 2.37. The summed E-state index contributed by atoms with van der Waals surface area (Å²) in [6.45, 7) is 6.15. The van der Waals surface area contributed by atoms with Gasteiger partial charge in [0.1, 0.15) is 5.76 Å². The van der Waals surface area contributed by atoms with Gasteiger partial charge in [0.05, 0.1) is 26.0 Å². The van der Waals surface area contributed by atoms with Crippen molar-refractivity contribution in [1.82, 2.24) is 15.5 Å². The fraction of sp³-hybridized carbons (Fsp3) is 0.583. The molecule has 0 saturated carbocycles. The van der Waals surface area contributed by atoms with Gasteiger partial charge in [0.25, 0.3) is 0 Å². The van der Waals surface area contributed by atoms with Crippen molar-refractivity contribution >= 4 is 17.3 Å². The van der Waals surface area contributed by atoms with Crippen molar-refractivity contribution < 1.29 is 9.15 Å². The molecule has 1 aromatic rings. The molecule has 0 aliphatic carbocycles. The number of hydrogen-bond donors (Lipinski definition) is 2. The zero-order valence-corrected chi connectivity index (χ0v) is 11.2. The maximum Gasteiger partial charge on any atom is 0.166 e. The van der Waals surface area contributed by atoms with Gasteiger partial charge >= 0.3 is 0 Å². The first-order valence-corrected chi connectivity index (χ1v) is 6.59. The average Bonchev–Trinajstić information content (AvgIpc) is 2.91. The molecule has 0 spiro atoms. The van der Waals surface area contributed by atoms with Crippen LogP contribution in [0.1, 0.15) is 5.76 Å². The lowest BCUT2D eigenvalue weighted by Crippen LogP contribution is -2.43. The molecule has 0 radical (unpaired) electrons. The van der Waals surface area contributed by atoms with Gasteiger partial charge in [-0.2, -0.15) is 0 Å². The molecule has 1 aromatic heterocycles. The predicted octanol–water partition coefficient (Wildman–Crippen LogP) is 0.576. The zero-order chi connectivity index (χ0) is 12.6. The minimum atomic E-state index is 0.621. The van der Waals surface area contributed by atoms with Crippen LogP contribution in [0.3, 0.4) is 0 Å². The first kappa shape index (κ1) is 13.3. The van der Waals surface area contributed by atoms with Gasteiger partial charge in [-0.25, -0.2) is 0 Å². The average molecular weight is 269 g/mol. The molecular formula is C12H19N3O2S. The Kier molecular flexibility index (Phi) is 5.44. The zero-order valence-electron chi connectivity index (χ0n) is 10.4. The summed E-state index contributed by atoms with van der Waals surface area (Å²) in [6.07, 6.45) is 1.66. The number of nitrogens with zero attached hydrogens (tertiary/aromatic N) is 1. The fourth-order valence-electron chi connectivity index (χ4n) is 1.80. The highest BCUT2D eigenvalue weighted by molar-refractivity contribution is 7.80. The second kappa shape index (κ2) is 7.35. The molecule has 2 heterocycles. The fourth-order valence-corrected chi connectivity index (χ4v) is 1.97.